The first-order chi connectivity index (χ1) is 9.00. The third kappa shape index (κ3) is 2.14. The van der Waals surface area contributed by atoms with Crippen molar-refractivity contribution in [3.8, 4) is 5.75 Å². The van der Waals surface area contributed by atoms with Gasteiger partial charge in [0.15, 0.2) is 0 Å². The highest BCUT2D eigenvalue weighted by molar-refractivity contribution is 5.39. The maximum Gasteiger partial charge on any atom is 0.125 e. The first-order valence-electron chi connectivity index (χ1n) is 7.24. The van der Waals surface area contributed by atoms with Crippen LogP contribution in [0.15, 0.2) is 18.2 Å². The Morgan fingerprint density at radius 1 is 1.37 bits per heavy atom. The van der Waals surface area contributed by atoms with Crippen LogP contribution < -0.4 is 10.5 Å². The van der Waals surface area contributed by atoms with Gasteiger partial charge in [-0.15, -0.1) is 0 Å². The molecule has 2 nitrogen and oxygen atoms in total. The number of nitrogens with two attached hydrogens (primary N) is 1. The van der Waals surface area contributed by atoms with E-state index >= 15 is 0 Å². The number of benzene rings is 1. The van der Waals surface area contributed by atoms with E-state index in [1.165, 1.54) is 25.0 Å². The standard InChI is InChI=1S/C16H22FNO/c1-10-5-6-16(11(2)7-10)9-14(18)13-8-12(17)3-4-15(13)19-16/h3-4,8,10-11,14H,5-7,9,18H2,1-2H3. The van der Waals surface area contributed by atoms with E-state index in [2.05, 4.69) is 13.8 Å². The van der Waals surface area contributed by atoms with Crippen molar-refractivity contribution in [2.75, 3.05) is 0 Å². The fraction of sp³-hybridized carbons (Fsp3) is 0.625. The molecular weight excluding hydrogens is 241 g/mol. The van der Waals surface area contributed by atoms with E-state index in [-0.39, 0.29) is 17.5 Å². The van der Waals surface area contributed by atoms with Crippen LogP contribution in [0.25, 0.3) is 0 Å². The zero-order chi connectivity index (χ0) is 13.6. The Bertz CT molecular complexity index is 490. The average Bonchev–Trinajstić information content (AvgIpc) is 2.36. The molecular formula is C16H22FNO. The van der Waals surface area contributed by atoms with Crippen molar-refractivity contribution in [2.45, 2.75) is 51.2 Å². The van der Waals surface area contributed by atoms with Crippen LogP contribution in [0.4, 0.5) is 4.39 Å². The van der Waals surface area contributed by atoms with Crippen LogP contribution in [0.3, 0.4) is 0 Å². The molecule has 2 aliphatic rings. The van der Waals surface area contributed by atoms with Crippen molar-refractivity contribution in [2.24, 2.45) is 17.6 Å². The largest absolute Gasteiger partial charge is 0.487 e. The molecule has 3 rings (SSSR count). The number of halogens is 1. The van der Waals surface area contributed by atoms with Gasteiger partial charge in [-0.2, -0.15) is 0 Å². The quantitative estimate of drug-likeness (QED) is 0.772. The van der Waals surface area contributed by atoms with E-state index in [1.807, 2.05) is 0 Å². The maximum atomic E-state index is 13.3. The Morgan fingerprint density at radius 3 is 2.89 bits per heavy atom. The summed E-state index contributed by atoms with van der Waals surface area (Å²) in [5.41, 5.74) is 6.95. The SMILES string of the molecule is CC1CCC2(CC(N)c3cc(F)ccc3O2)C(C)C1. The first kappa shape index (κ1) is 12.9. The molecule has 19 heavy (non-hydrogen) atoms. The molecule has 0 aromatic heterocycles. The van der Waals surface area contributed by atoms with Crippen molar-refractivity contribution in [3.63, 3.8) is 0 Å². The van der Waals surface area contributed by atoms with Gasteiger partial charge in [0.05, 0.1) is 0 Å². The van der Waals surface area contributed by atoms with E-state index in [0.717, 1.165) is 30.1 Å². The Balaban J connectivity index is 1.94. The van der Waals surface area contributed by atoms with Gasteiger partial charge in [0, 0.05) is 18.0 Å². The van der Waals surface area contributed by atoms with Gasteiger partial charge >= 0.3 is 0 Å². The first-order valence-corrected chi connectivity index (χ1v) is 7.24. The number of rotatable bonds is 0. The van der Waals surface area contributed by atoms with Gasteiger partial charge in [0.1, 0.15) is 17.2 Å². The zero-order valence-corrected chi connectivity index (χ0v) is 11.7. The van der Waals surface area contributed by atoms with Gasteiger partial charge in [-0.1, -0.05) is 13.8 Å². The third-order valence-electron chi connectivity index (χ3n) is 4.96. The minimum Gasteiger partial charge on any atom is -0.487 e. The molecule has 1 saturated carbocycles. The lowest BCUT2D eigenvalue weighted by Crippen LogP contribution is -2.50. The molecule has 0 amide bonds. The molecule has 0 bridgehead atoms. The summed E-state index contributed by atoms with van der Waals surface area (Å²) in [6.07, 6.45) is 4.23. The molecule has 2 N–H and O–H groups in total. The smallest absolute Gasteiger partial charge is 0.125 e. The number of ether oxygens (including phenoxy) is 1. The molecule has 1 spiro atoms. The fourth-order valence-corrected chi connectivity index (χ4v) is 3.77. The van der Waals surface area contributed by atoms with Gasteiger partial charge in [-0.3, -0.25) is 0 Å². The lowest BCUT2D eigenvalue weighted by atomic mass is 9.68. The van der Waals surface area contributed by atoms with Gasteiger partial charge in [-0.05, 0) is 49.3 Å². The Morgan fingerprint density at radius 2 is 2.16 bits per heavy atom. The molecule has 1 aliphatic heterocycles. The second kappa shape index (κ2) is 4.48. The van der Waals surface area contributed by atoms with Crippen molar-refractivity contribution >= 4 is 0 Å². The molecule has 1 fully saturated rings. The lowest BCUT2D eigenvalue weighted by molar-refractivity contribution is -0.0520. The number of fused-ring (bicyclic) bond motifs is 1. The highest BCUT2D eigenvalue weighted by atomic mass is 19.1. The van der Waals surface area contributed by atoms with Crippen LogP contribution in [0.5, 0.6) is 5.75 Å². The third-order valence-corrected chi connectivity index (χ3v) is 4.96. The van der Waals surface area contributed by atoms with Crippen LogP contribution in [-0.2, 0) is 0 Å². The molecule has 3 heteroatoms. The zero-order valence-electron chi connectivity index (χ0n) is 11.7. The van der Waals surface area contributed by atoms with Crippen molar-refractivity contribution in [1.29, 1.82) is 0 Å². The van der Waals surface area contributed by atoms with Crippen molar-refractivity contribution < 1.29 is 9.13 Å². The van der Waals surface area contributed by atoms with E-state index < -0.39 is 0 Å². The summed E-state index contributed by atoms with van der Waals surface area (Å²) in [4.78, 5) is 0. The van der Waals surface area contributed by atoms with Crippen molar-refractivity contribution in [3.05, 3.63) is 29.6 Å². The molecule has 1 aliphatic carbocycles. The minimum absolute atomic E-state index is 0.115. The monoisotopic (exact) mass is 263 g/mol. The molecule has 1 aromatic rings. The Labute approximate surface area is 114 Å². The molecule has 1 heterocycles. The fourth-order valence-electron chi connectivity index (χ4n) is 3.77. The van der Waals surface area contributed by atoms with Crippen LogP contribution in [0.2, 0.25) is 0 Å². The van der Waals surface area contributed by atoms with Crippen LogP contribution in [0, 0.1) is 17.7 Å². The Kier molecular flexibility index (Phi) is 3.05. The second-order valence-electron chi connectivity index (χ2n) is 6.44. The minimum atomic E-state index is -0.237. The van der Waals surface area contributed by atoms with E-state index in [9.17, 15) is 4.39 Å². The Hall–Kier alpha value is -1.09. The summed E-state index contributed by atoms with van der Waals surface area (Å²) >= 11 is 0. The van der Waals surface area contributed by atoms with Gasteiger partial charge < -0.3 is 10.5 Å². The molecule has 4 atom stereocenters. The predicted molar refractivity (Wildman–Crippen MR) is 73.5 cm³/mol. The molecule has 0 saturated heterocycles. The highest BCUT2D eigenvalue weighted by Crippen LogP contribution is 2.49. The summed E-state index contributed by atoms with van der Waals surface area (Å²) in [7, 11) is 0. The van der Waals surface area contributed by atoms with Crippen LogP contribution in [0.1, 0.15) is 51.1 Å². The molecule has 0 radical (unpaired) electrons. The van der Waals surface area contributed by atoms with Crippen LogP contribution in [-0.4, -0.2) is 5.60 Å². The van der Waals surface area contributed by atoms with E-state index in [4.69, 9.17) is 10.5 Å². The lowest BCUT2D eigenvalue weighted by Gasteiger charge is -2.49. The van der Waals surface area contributed by atoms with Gasteiger partial charge in [0.2, 0.25) is 0 Å². The molecule has 4 unspecified atom stereocenters. The summed E-state index contributed by atoms with van der Waals surface area (Å²) in [6.45, 7) is 4.56. The average molecular weight is 263 g/mol. The number of hydrogen-bond donors (Lipinski definition) is 1. The summed E-state index contributed by atoms with van der Waals surface area (Å²) in [5.74, 6) is 1.80. The van der Waals surface area contributed by atoms with Crippen LogP contribution >= 0.6 is 0 Å². The second-order valence-corrected chi connectivity index (χ2v) is 6.44. The highest BCUT2D eigenvalue weighted by Gasteiger charge is 2.46. The van der Waals surface area contributed by atoms with Gasteiger partial charge in [0.25, 0.3) is 0 Å². The van der Waals surface area contributed by atoms with Crippen molar-refractivity contribution in [1.82, 2.24) is 0 Å². The molecule has 104 valence electrons. The number of hydrogen-bond acceptors (Lipinski definition) is 2. The summed E-state index contributed by atoms with van der Waals surface area (Å²) < 4.78 is 19.6. The van der Waals surface area contributed by atoms with Gasteiger partial charge in [-0.25, -0.2) is 4.39 Å². The van der Waals surface area contributed by atoms with E-state index in [1.54, 1.807) is 6.07 Å². The summed E-state index contributed by atoms with van der Waals surface area (Å²) in [6, 6.07) is 4.59. The molecule has 1 aromatic carbocycles. The van der Waals surface area contributed by atoms with E-state index in [0.29, 0.717) is 5.92 Å². The topological polar surface area (TPSA) is 35.2 Å². The normalized spacial score (nSPS) is 37.8. The summed E-state index contributed by atoms with van der Waals surface area (Å²) in [5, 5.41) is 0. The predicted octanol–water partition coefficient (Wildman–Crippen LogP) is 3.80. The maximum absolute atomic E-state index is 13.3.